The molecule has 0 aliphatic carbocycles. The summed E-state index contributed by atoms with van der Waals surface area (Å²) in [6.07, 6.45) is 2.07. The largest absolute Gasteiger partial charge is 0.511 e. The van der Waals surface area contributed by atoms with Crippen LogP contribution in [0.15, 0.2) is 40.9 Å². The predicted octanol–water partition coefficient (Wildman–Crippen LogP) is 2.92. The lowest BCUT2D eigenvalue weighted by Gasteiger charge is -2.15. The summed E-state index contributed by atoms with van der Waals surface area (Å²) in [6.45, 7) is 2.73. The standard InChI is InChI=1S/C23H22FN5O5.CClF3O2S/c1-13-27-28-21(33-13)19-7-4-14(10-26-19)17-6-5-15(9-18(17)24)29-11-16(34-23(29)31)12-32-22(30)20-3-2-8-25-20;2-8(6,7)1(3,4)5/h4-7,9-10,16,20,25H,2-3,8,11-12H2,1H3;/p+1/t16-,20?;/m1./s1. The maximum atomic E-state index is 14.9. The molecule has 2 atom stereocenters. The van der Waals surface area contributed by atoms with Gasteiger partial charge < -0.3 is 19.2 Å². The Morgan fingerprint density at radius 1 is 1.24 bits per heavy atom. The zero-order valence-corrected chi connectivity index (χ0v) is 23.2. The van der Waals surface area contributed by atoms with Crippen molar-refractivity contribution in [2.75, 3.05) is 24.6 Å². The molecule has 1 amide bonds. The Balaban J connectivity index is 0.000000446. The van der Waals surface area contributed by atoms with E-state index in [-0.39, 0.29) is 31.1 Å². The number of esters is 1. The minimum absolute atomic E-state index is 0.0242. The quantitative estimate of drug-likeness (QED) is 0.242. The molecule has 1 unspecified atom stereocenters. The van der Waals surface area contributed by atoms with Crippen LogP contribution in [0.25, 0.3) is 22.7 Å². The number of aromatic nitrogens is 3. The number of ether oxygens (including phenoxy) is 2. The van der Waals surface area contributed by atoms with Gasteiger partial charge in [-0.05, 0) is 24.3 Å². The number of hydrogen-bond acceptors (Lipinski definition) is 10. The van der Waals surface area contributed by atoms with Gasteiger partial charge in [-0.15, -0.1) is 10.2 Å². The Morgan fingerprint density at radius 3 is 2.52 bits per heavy atom. The van der Waals surface area contributed by atoms with Crippen molar-refractivity contribution in [1.29, 1.82) is 0 Å². The van der Waals surface area contributed by atoms with Gasteiger partial charge in [0, 0.05) is 47.8 Å². The zero-order chi connectivity index (χ0) is 30.7. The van der Waals surface area contributed by atoms with Gasteiger partial charge in [-0.2, -0.15) is 13.2 Å². The topological polar surface area (TPSA) is 158 Å². The molecule has 0 radical (unpaired) electrons. The van der Waals surface area contributed by atoms with E-state index < -0.39 is 32.6 Å². The monoisotopic (exact) mass is 636 g/mol. The van der Waals surface area contributed by atoms with Crippen LogP contribution < -0.4 is 10.2 Å². The first kappa shape index (κ1) is 31.1. The van der Waals surface area contributed by atoms with Crippen molar-refractivity contribution in [3.05, 3.63) is 48.2 Å². The minimum Gasteiger partial charge on any atom is -0.457 e. The highest BCUT2D eigenvalue weighted by Crippen LogP contribution is 2.30. The number of anilines is 1. The van der Waals surface area contributed by atoms with Crippen molar-refractivity contribution in [3.63, 3.8) is 0 Å². The van der Waals surface area contributed by atoms with Crippen molar-refractivity contribution >= 4 is 37.5 Å². The van der Waals surface area contributed by atoms with Crippen LogP contribution >= 0.6 is 10.7 Å². The molecule has 3 aromatic rings. The molecule has 0 spiro atoms. The lowest BCUT2D eigenvalue weighted by atomic mass is 10.1. The second-order valence-corrected chi connectivity index (χ2v) is 11.7. The Kier molecular flexibility index (Phi) is 9.32. The molecule has 2 aliphatic heterocycles. The lowest BCUT2D eigenvalue weighted by molar-refractivity contribution is -0.659. The fraction of sp³-hybridized carbons (Fsp3) is 0.375. The van der Waals surface area contributed by atoms with Gasteiger partial charge in [0.1, 0.15) is 18.1 Å². The summed E-state index contributed by atoms with van der Waals surface area (Å²) in [5, 5.41) is 9.64. The van der Waals surface area contributed by atoms with Crippen LogP contribution in [0.4, 0.5) is 28.0 Å². The predicted molar refractivity (Wildman–Crippen MR) is 137 cm³/mol. The van der Waals surface area contributed by atoms with Gasteiger partial charge in [-0.25, -0.2) is 22.4 Å². The summed E-state index contributed by atoms with van der Waals surface area (Å²) in [6, 6.07) is 7.67. The van der Waals surface area contributed by atoms with E-state index in [0.29, 0.717) is 28.4 Å². The van der Waals surface area contributed by atoms with E-state index in [9.17, 15) is 35.6 Å². The molecule has 2 fully saturated rings. The molecular formula is C24H23ClF4N5O7S+. The second-order valence-electron chi connectivity index (χ2n) is 9.13. The summed E-state index contributed by atoms with van der Waals surface area (Å²) in [5.74, 6) is -0.0962. The van der Waals surface area contributed by atoms with Crippen molar-refractivity contribution in [3.8, 4) is 22.7 Å². The maximum Gasteiger partial charge on any atom is 0.511 e. The first-order chi connectivity index (χ1) is 19.7. The van der Waals surface area contributed by atoms with E-state index in [0.717, 1.165) is 19.4 Å². The third-order valence-corrected chi connectivity index (χ3v) is 7.20. The number of cyclic esters (lactones) is 1. The molecular weight excluding hydrogens is 614 g/mol. The number of nitrogens with zero attached hydrogens (tertiary/aromatic N) is 4. The average Bonchev–Trinajstić information content (AvgIpc) is 3.68. The summed E-state index contributed by atoms with van der Waals surface area (Å²) < 4.78 is 82.0. The molecule has 2 aromatic heterocycles. The SMILES string of the molecule is Cc1nnc(-c2ccc(-c3ccc(N4C[C@H](COC(=O)C5CCC[NH2+]5)OC4=O)cc3F)cn2)o1.O=S(=O)(Cl)C(F)(F)F. The highest BCUT2D eigenvalue weighted by atomic mass is 35.7. The smallest absolute Gasteiger partial charge is 0.457 e. The van der Waals surface area contributed by atoms with Crippen LogP contribution in [0, 0.1) is 12.7 Å². The van der Waals surface area contributed by atoms with Crippen molar-refractivity contribution in [2.45, 2.75) is 37.4 Å². The highest BCUT2D eigenvalue weighted by Gasteiger charge is 2.44. The number of hydrogen-bond donors (Lipinski definition) is 1. The minimum atomic E-state index is -5.37. The first-order valence-corrected chi connectivity index (χ1v) is 14.6. The molecule has 0 saturated carbocycles. The summed E-state index contributed by atoms with van der Waals surface area (Å²) >= 11 is 0. The van der Waals surface area contributed by atoms with Crippen LogP contribution in [-0.4, -0.2) is 73.0 Å². The van der Waals surface area contributed by atoms with Gasteiger partial charge in [0.05, 0.1) is 18.8 Å². The third kappa shape index (κ3) is 7.51. The fourth-order valence-electron chi connectivity index (χ4n) is 4.08. The number of amides is 1. The van der Waals surface area contributed by atoms with Crippen LogP contribution in [0.2, 0.25) is 0 Å². The Morgan fingerprint density at radius 2 is 1.98 bits per heavy atom. The molecule has 42 heavy (non-hydrogen) atoms. The van der Waals surface area contributed by atoms with E-state index >= 15 is 0 Å². The number of quaternary nitrogens is 1. The van der Waals surface area contributed by atoms with Gasteiger partial charge in [-0.1, -0.05) is 6.07 Å². The average molecular weight is 637 g/mol. The Labute approximate surface area is 240 Å². The number of halogens is 5. The fourth-order valence-corrected chi connectivity index (χ4v) is 4.08. The lowest BCUT2D eigenvalue weighted by Crippen LogP contribution is -2.88. The van der Waals surface area contributed by atoms with E-state index in [1.165, 1.54) is 17.2 Å². The van der Waals surface area contributed by atoms with Crippen LogP contribution in [0.5, 0.6) is 0 Å². The number of benzene rings is 1. The molecule has 1 aromatic carbocycles. The van der Waals surface area contributed by atoms with Gasteiger partial charge >= 0.3 is 26.6 Å². The number of aryl methyl sites for hydroxylation is 1. The maximum absolute atomic E-state index is 14.9. The molecule has 2 N–H and O–H groups in total. The van der Waals surface area contributed by atoms with Crippen LogP contribution in [0.1, 0.15) is 18.7 Å². The number of carbonyl (C=O) groups is 2. The van der Waals surface area contributed by atoms with E-state index in [2.05, 4.69) is 25.9 Å². The van der Waals surface area contributed by atoms with Crippen molar-refractivity contribution < 1.29 is 54.8 Å². The molecule has 226 valence electrons. The summed E-state index contributed by atoms with van der Waals surface area (Å²) in [7, 11) is -1.51. The van der Waals surface area contributed by atoms with E-state index in [4.69, 9.17) is 13.9 Å². The van der Waals surface area contributed by atoms with Crippen LogP contribution in [0.3, 0.4) is 0 Å². The van der Waals surface area contributed by atoms with E-state index in [1.54, 1.807) is 31.2 Å². The Bertz CT molecular complexity index is 1550. The number of nitrogens with two attached hydrogens (primary N) is 1. The summed E-state index contributed by atoms with van der Waals surface area (Å²) in [4.78, 5) is 30.0. The van der Waals surface area contributed by atoms with Crippen molar-refractivity contribution in [2.24, 2.45) is 0 Å². The van der Waals surface area contributed by atoms with Gasteiger partial charge in [0.15, 0.2) is 12.1 Å². The number of alkyl halides is 3. The second kappa shape index (κ2) is 12.6. The third-order valence-electron chi connectivity index (χ3n) is 6.12. The normalized spacial score (nSPS) is 18.8. The van der Waals surface area contributed by atoms with Gasteiger partial charge in [0.25, 0.3) is 5.89 Å². The van der Waals surface area contributed by atoms with Crippen LogP contribution in [-0.2, 0) is 23.3 Å². The Hall–Kier alpha value is -3.83. The molecule has 12 nitrogen and oxygen atoms in total. The van der Waals surface area contributed by atoms with Crippen molar-refractivity contribution in [1.82, 2.24) is 15.2 Å². The molecule has 18 heteroatoms. The molecule has 2 aliphatic rings. The zero-order valence-electron chi connectivity index (χ0n) is 21.7. The first-order valence-electron chi connectivity index (χ1n) is 12.3. The number of rotatable bonds is 6. The molecule has 5 rings (SSSR count). The molecule has 2 saturated heterocycles. The van der Waals surface area contributed by atoms with Gasteiger partial charge in [0.2, 0.25) is 5.89 Å². The van der Waals surface area contributed by atoms with E-state index in [1.807, 2.05) is 5.32 Å². The van der Waals surface area contributed by atoms with Gasteiger partial charge in [-0.3, -0.25) is 9.88 Å². The number of pyridine rings is 1. The number of carbonyl (C=O) groups excluding carboxylic acids is 2. The molecule has 4 heterocycles. The summed E-state index contributed by atoms with van der Waals surface area (Å²) in [5.41, 5.74) is -3.60. The highest BCUT2D eigenvalue weighted by molar-refractivity contribution is 8.14. The molecule has 0 bridgehead atoms.